The lowest BCUT2D eigenvalue weighted by Gasteiger charge is -2.44. The van der Waals surface area contributed by atoms with E-state index in [4.69, 9.17) is 5.73 Å². The second kappa shape index (κ2) is 8.47. The van der Waals surface area contributed by atoms with Crippen molar-refractivity contribution in [2.45, 2.75) is 50.0 Å². The van der Waals surface area contributed by atoms with E-state index in [1.54, 1.807) is 5.01 Å². The summed E-state index contributed by atoms with van der Waals surface area (Å²) in [5.74, 6) is -0.241. The van der Waals surface area contributed by atoms with Gasteiger partial charge in [0.2, 0.25) is 5.91 Å². The van der Waals surface area contributed by atoms with Crippen molar-refractivity contribution in [3.63, 3.8) is 0 Å². The van der Waals surface area contributed by atoms with Crippen LogP contribution in [0.2, 0.25) is 0 Å². The van der Waals surface area contributed by atoms with E-state index in [9.17, 15) is 14.3 Å². The summed E-state index contributed by atoms with van der Waals surface area (Å²) in [7, 11) is 2.06. The second-order valence-corrected chi connectivity index (χ2v) is 8.82. The van der Waals surface area contributed by atoms with Crippen LogP contribution >= 0.6 is 0 Å². The van der Waals surface area contributed by atoms with Gasteiger partial charge in [0.05, 0.1) is 18.2 Å². The van der Waals surface area contributed by atoms with Crippen molar-refractivity contribution in [2.75, 3.05) is 39.8 Å². The van der Waals surface area contributed by atoms with Crippen LogP contribution in [-0.2, 0) is 4.79 Å². The minimum absolute atomic E-state index is 0.0374. The Morgan fingerprint density at radius 2 is 2.07 bits per heavy atom. The van der Waals surface area contributed by atoms with Gasteiger partial charge in [-0.2, -0.15) is 0 Å². The average molecular weight is 400 g/mol. The molecule has 8 unspecified atom stereocenters. The standard InChI is InChI=1S/C18H34FN7O2/c1-25-6-4-11(12-3-2-5-21-17(12)27)13(9-25)23-18(28)14-15(20)24-26-8-10(19)7-22-16(14)26/h10-17,21-22,24,27H,2-9,20H2,1H3,(H,23,28). The third kappa shape index (κ3) is 4.04. The van der Waals surface area contributed by atoms with Gasteiger partial charge in [-0.3, -0.25) is 15.4 Å². The van der Waals surface area contributed by atoms with Gasteiger partial charge in [-0.15, -0.1) is 0 Å². The predicted octanol–water partition coefficient (Wildman–Crippen LogP) is -2.27. The summed E-state index contributed by atoms with van der Waals surface area (Å²) >= 11 is 0. The van der Waals surface area contributed by atoms with Crippen LogP contribution in [0, 0.1) is 17.8 Å². The first kappa shape index (κ1) is 20.4. The summed E-state index contributed by atoms with van der Waals surface area (Å²) in [5, 5.41) is 21.7. The zero-order chi connectivity index (χ0) is 19.8. The van der Waals surface area contributed by atoms with E-state index in [0.29, 0.717) is 0 Å². The van der Waals surface area contributed by atoms with Crippen molar-refractivity contribution < 1.29 is 14.3 Å². The Bertz CT molecular complexity index is 570. The van der Waals surface area contributed by atoms with Crippen molar-refractivity contribution in [2.24, 2.45) is 23.5 Å². The smallest absolute Gasteiger partial charge is 0.229 e. The first-order chi connectivity index (χ1) is 13.4. The van der Waals surface area contributed by atoms with Gasteiger partial charge in [0.25, 0.3) is 0 Å². The van der Waals surface area contributed by atoms with Crippen LogP contribution < -0.4 is 27.1 Å². The molecule has 0 aromatic heterocycles. The first-order valence-electron chi connectivity index (χ1n) is 10.5. The number of alkyl halides is 1. The van der Waals surface area contributed by atoms with Crippen molar-refractivity contribution in [3.05, 3.63) is 0 Å². The molecule has 0 radical (unpaired) electrons. The molecule has 4 aliphatic heterocycles. The van der Waals surface area contributed by atoms with Gasteiger partial charge in [0.15, 0.2) is 0 Å². The predicted molar refractivity (Wildman–Crippen MR) is 102 cm³/mol. The lowest BCUT2D eigenvalue weighted by Crippen LogP contribution is -2.61. The average Bonchev–Trinajstić information content (AvgIpc) is 2.97. The number of halogens is 1. The highest BCUT2D eigenvalue weighted by Gasteiger charge is 2.48. The number of hydrogen-bond acceptors (Lipinski definition) is 8. The molecule has 0 aliphatic carbocycles. The van der Waals surface area contributed by atoms with Crippen molar-refractivity contribution in [1.29, 1.82) is 0 Å². The quantitative estimate of drug-likeness (QED) is 0.315. The number of nitrogens with zero attached hydrogens (tertiary/aromatic N) is 2. The molecule has 7 N–H and O–H groups in total. The Kier molecular flexibility index (Phi) is 6.17. The normalized spacial score (nSPS) is 45.6. The maximum atomic E-state index is 13.7. The van der Waals surface area contributed by atoms with Gasteiger partial charge in [-0.25, -0.2) is 14.8 Å². The van der Waals surface area contributed by atoms with Gasteiger partial charge in [0.1, 0.15) is 12.4 Å². The molecule has 4 aliphatic rings. The molecular formula is C18H34FN7O2. The maximum Gasteiger partial charge on any atom is 0.229 e. The van der Waals surface area contributed by atoms with Crippen LogP contribution in [0.1, 0.15) is 19.3 Å². The molecule has 8 atom stereocenters. The van der Waals surface area contributed by atoms with E-state index < -0.39 is 24.5 Å². The molecule has 4 saturated heterocycles. The molecule has 0 saturated carbocycles. The number of likely N-dealkylation sites (N-methyl/N-ethyl adjacent to an activating group) is 1. The van der Waals surface area contributed by atoms with E-state index in [-0.39, 0.29) is 43.0 Å². The molecular weight excluding hydrogens is 365 g/mol. The van der Waals surface area contributed by atoms with Crippen LogP contribution in [0.4, 0.5) is 4.39 Å². The zero-order valence-corrected chi connectivity index (χ0v) is 16.5. The molecule has 9 nitrogen and oxygen atoms in total. The molecule has 0 aromatic rings. The van der Waals surface area contributed by atoms with Gasteiger partial charge < -0.3 is 21.1 Å². The fourth-order valence-corrected chi connectivity index (χ4v) is 5.40. The minimum Gasteiger partial charge on any atom is -0.378 e. The number of piperidine rings is 2. The lowest BCUT2D eigenvalue weighted by molar-refractivity contribution is -0.129. The number of likely N-dealkylation sites (tertiary alicyclic amines) is 1. The number of amides is 1. The van der Waals surface area contributed by atoms with Crippen molar-refractivity contribution in [1.82, 2.24) is 31.3 Å². The summed E-state index contributed by atoms with van der Waals surface area (Å²) in [4.78, 5) is 15.4. The number of carbonyl (C=O) groups is 1. The monoisotopic (exact) mass is 399 g/mol. The van der Waals surface area contributed by atoms with Gasteiger partial charge in [0, 0.05) is 31.6 Å². The lowest BCUT2D eigenvalue weighted by atomic mass is 9.76. The van der Waals surface area contributed by atoms with E-state index in [0.717, 1.165) is 38.9 Å². The minimum atomic E-state index is -0.977. The SMILES string of the molecule is CN1CCC(C2CCCNC2O)C(NC(=O)C2C(N)NN3CC(F)CNC23)C1. The van der Waals surface area contributed by atoms with Gasteiger partial charge in [-0.1, -0.05) is 0 Å². The maximum absolute atomic E-state index is 13.7. The van der Waals surface area contributed by atoms with Gasteiger partial charge in [-0.05, 0) is 45.3 Å². The Hall–Kier alpha value is -0.880. The number of hydrazine groups is 1. The Balaban J connectivity index is 1.45. The van der Waals surface area contributed by atoms with Crippen LogP contribution in [0.5, 0.6) is 0 Å². The highest BCUT2D eigenvalue weighted by Crippen LogP contribution is 2.32. The highest BCUT2D eigenvalue weighted by atomic mass is 19.1. The molecule has 1 amide bonds. The number of hydrogen-bond donors (Lipinski definition) is 6. The number of fused-ring (bicyclic) bond motifs is 1. The molecule has 0 bridgehead atoms. The van der Waals surface area contributed by atoms with Crippen molar-refractivity contribution >= 4 is 5.91 Å². The Morgan fingerprint density at radius 3 is 2.86 bits per heavy atom. The number of rotatable bonds is 3. The third-order valence-corrected chi connectivity index (χ3v) is 6.84. The summed E-state index contributed by atoms with van der Waals surface area (Å²) in [6.07, 6.45) is 0.598. The van der Waals surface area contributed by atoms with E-state index in [1.807, 2.05) is 0 Å². The molecule has 4 rings (SSSR count). The van der Waals surface area contributed by atoms with E-state index in [2.05, 4.69) is 33.3 Å². The van der Waals surface area contributed by atoms with Crippen LogP contribution in [-0.4, -0.2) is 91.5 Å². The summed E-state index contributed by atoms with van der Waals surface area (Å²) in [5.41, 5.74) is 9.21. The molecule has 10 heteroatoms. The van der Waals surface area contributed by atoms with Crippen LogP contribution in [0.15, 0.2) is 0 Å². The summed E-state index contributed by atoms with van der Waals surface area (Å²) in [6, 6.07) is -0.0374. The largest absolute Gasteiger partial charge is 0.378 e. The summed E-state index contributed by atoms with van der Waals surface area (Å²) in [6.45, 7) is 3.00. The molecule has 0 spiro atoms. The number of nitrogens with one attached hydrogen (secondary N) is 4. The van der Waals surface area contributed by atoms with Crippen molar-refractivity contribution in [3.8, 4) is 0 Å². The zero-order valence-electron chi connectivity index (χ0n) is 16.5. The van der Waals surface area contributed by atoms with E-state index in [1.165, 1.54) is 0 Å². The molecule has 4 heterocycles. The van der Waals surface area contributed by atoms with Crippen LogP contribution in [0.3, 0.4) is 0 Å². The molecule has 28 heavy (non-hydrogen) atoms. The Labute approximate surface area is 165 Å². The molecule has 0 aromatic carbocycles. The fraction of sp³-hybridized carbons (Fsp3) is 0.944. The number of aliphatic hydroxyl groups excluding tert-OH is 1. The first-order valence-corrected chi connectivity index (χ1v) is 10.5. The second-order valence-electron chi connectivity index (χ2n) is 8.82. The van der Waals surface area contributed by atoms with Gasteiger partial charge >= 0.3 is 0 Å². The Morgan fingerprint density at radius 1 is 1.25 bits per heavy atom. The molecule has 4 fully saturated rings. The summed E-state index contributed by atoms with van der Waals surface area (Å²) < 4.78 is 13.7. The van der Waals surface area contributed by atoms with E-state index >= 15 is 0 Å². The molecule has 160 valence electrons. The number of carbonyl (C=O) groups excluding carboxylic acids is 1. The topological polar surface area (TPSA) is 118 Å². The third-order valence-electron chi connectivity index (χ3n) is 6.84. The fourth-order valence-electron chi connectivity index (χ4n) is 5.40. The van der Waals surface area contributed by atoms with Crippen LogP contribution in [0.25, 0.3) is 0 Å². The number of nitrogens with two attached hydrogens (primary N) is 1. The number of aliphatic hydroxyl groups is 1. The highest BCUT2D eigenvalue weighted by molar-refractivity contribution is 5.80.